The molecule has 0 N–H and O–H groups in total. The highest BCUT2D eigenvalue weighted by Gasteiger charge is 2.45. The van der Waals surface area contributed by atoms with Gasteiger partial charge in [-0.15, -0.1) is 0 Å². The van der Waals surface area contributed by atoms with Crippen LogP contribution < -0.4 is 0 Å². The summed E-state index contributed by atoms with van der Waals surface area (Å²) in [6.45, 7) is -0.272. The molecule has 0 bridgehead atoms. The van der Waals surface area contributed by atoms with Gasteiger partial charge in [0.15, 0.2) is 0 Å². The van der Waals surface area contributed by atoms with Gasteiger partial charge in [-0.1, -0.05) is 12.1 Å². The summed E-state index contributed by atoms with van der Waals surface area (Å²) in [7, 11) is 0. The zero-order valence-electron chi connectivity index (χ0n) is 8.47. The normalized spacial score (nSPS) is 16.8. The van der Waals surface area contributed by atoms with Crippen molar-refractivity contribution in [2.75, 3.05) is 0 Å². The van der Waals surface area contributed by atoms with Crippen LogP contribution in [0, 0.1) is 5.82 Å². The molecule has 0 saturated heterocycles. The first-order valence-electron chi connectivity index (χ1n) is 5.05. The Morgan fingerprint density at radius 1 is 1.25 bits per heavy atom. The van der Waals surface area contributed by atoms with Crippen molar-refractivity contribution in [3.05, 3.63) is 35.6 Å². The first kappa shape index (κ1) is 11.4. The van der Waals surface area contributed by atoms with E-state index in [2.05, 4.69) is 0 Å². The average molecular weight is 233 g/mol. The second kappa shape index (κ2) is 4.05. The van der Waals surface area contributed by atoms with Gasteiger partial charge in [0.2, 0.25) is 0 Å². The quantitative estimate of drug-likeness (QED) is 0.572. The lowest BCUT2D eigenvalue weighted by Crippen LogP contribution is -2.39. The van der Waals surface area contributed by atoms with E-state index in [-0.39, 0.29) is 6.54 Å². The van der Waals surface area contributed by atoms with Gasteiger partial charge in [0, 0.05) is 12.6 Å². The zero-order chi connectivity index (χ0) is 11.8. The molecule has 0 unspecified atom stereocenters. The summed E-state index contributed by atoms with van der Waals surface area (Å²) < 4.78 is 50.7. The molecule has 1 saturated carbocycles. The molecule has 88 valence electrons. The third-order valence-electron chi connectivity index (χ3n) is 2.56. The Balaban J connectivity index is 2.11. The van der Waals surface area contributed by atoms with Crippen molar-refractivity contribution < 1.29 is 17.6 Å². The zero-order valence-corrected chi connectivity index (χ0v) is 8.47. The van der Waals surface area contributed by atoms with Crippen LogP contribution in [-0.2, 0) is 6.54 Å². The van der Waals surface area contributed by atoms with Crippen LogP contribution in [0.5, 0.6) is 0 Å². The first-order valence-corrected chi connectivity index (χ1v) is 5.05. The predicted molar refractivity (Wildman–Crippen MR) is 51.0 cm³/mol. The van der Waals surface area contributed by atoms with E-state index in [0.717, 1.165) is 6.07 Å². The molecule has 0 amide bonds. The van der Waals surface area contributed by atoms with Gasteiger partial charge in [0.25, 0.3) is 0 Å². The van der Waals surface area contributed by atoms with Gasteiger partial charge in [0.1, 0.15) is 5.82 Å². The molecule has 0 aliphatic heterocycles. The largest absolute Gasteiger partial charge is 0.460 e. The summed E-state index contributed by atoms with van der Waals surface area (Å²) >= 11 is 0. The molecule has 5 heteroatoms. The monoisotopic (exact) mass is 233 g/mol. The molecule has 1 aromatic rings. The molecular weight excluding hydrogens is 222 g/mol. The number of hydrogen-bond acceptors (Lipinski definition) is 1. The minimum Gasteiger partial charge on any atom is -0.207 e. The Kier molecular flexibility index (Phi) is 2.88. The van der Waals surface area contributed by atoms with Crippen molar-refractivity contribution in [1.29, 1.82) is 0 Å². The molecule has 1 nitrogen and oxygen atoms in total. The third-order valence-corrected chi connectivity index (χ3v) is 2.56. The number of nitrogens with zero attached hydrogens (tertiary/aromatic N) is 1. The summed E-state index contributed by atoms with van der Waals surface area (Å²) in [4.78, 5) is 0.474. The molecule has 0 spiro atoms. The second-order valence-corrected chi connectivity index (χ2v) is 3.96. The van der Waals surface area contributed by atoms with Gasteiger partial charge in [-0.25, -0.2) is 9.29 Å². The molecule has 1 aliphatic carbocycles. The molecule has 2 rings (SSSR count). The van der Waals surface area contributed by atoms with Crippen molar-refractivity contribution in [3.8, 4) is 0 Å². The Bertz CT molecular complexity index is 370. The molecule has 0 radical (unpaired) electrons. The van der Waals surface area contributed by atoms with Crippen LogP contribution >= 0.6 is 0 Å². The summed E-state index contributed by atoms with van der Waals surface area (Å²) in [6, 6.07) is 4.86. The van der Waals surface area contributed by atoms with Crippen LogP contribution in [0.25, 0.3) is 0 Å². The van der Waals surface area contributed by atoms with E-state index < -0.39 is 18.2 Å². The van der Waals surface area contributed by atoms with E-state index in [4.69, 9.17) is 0 Å². The van der Waals surface area contributed by atoms with Crippen LogP contribution in [-0.4, -0.2) is 17.2 Å². The lowest BCUT2D eigenvalue weighted by molar-refractivity contribution is -0.253. The molecule has 16 heavy (non-hydrogen) atoms. The fraction of sp³-hybridized carbons (Fsp3) is 0.455. The van der Waals surface area contributed by atoms with Crippen molar-refractivity contribution in [2.24, 2.45) is 0 Å². The summed E-state index contributed by atoms with van der Waals surface area (Å²) in [5.74, 6) is -0.504. The van der Waals surface area contributed by atoms with Gasteiger partial charge >= 0.3 is 6.30 Å². The van der Waals surface area contributed by atoms with E-state index >= 15 is 0 Å². The summed E-state index contributed by atoms with van der Waals surface area (Å²) in [6.07, 6.45) is -3.21. The molecule has 1 aromatic carbocycles. The predicted octanol–water partition coefficient (Wildman–Crippen LogP) is 3.31. The molecule has 0 aromatic heterocycles. The SMILES string of the molecule is Fc1cccc(CN(C2CC2)C(F)(F)F)c1. The van der Waals surface area contributed by atoms with Crippen LogP contribution in [0.1, 0.15) is 18.4 Å². The molecular formula is C11H11F4N. The highest BCUT2D eigenvalue weighted by molar-refractivity contribution is 5.16. The van der Waals surface area contributed by atoms with Gasteiger partial charge in [-0.05, 0) is 30.5 Å². The smallest absolute Gasteiger partial charge is 0.207 e. The first-order chi connectivity index (χ1) is 7.47. The maximum absolute atomic E-state index is 12.8. The Morgan fingerprint density at radius 2 is 1.94 bits per heavy atom. The highest BCUT2D eigenvalue weighted by atomic mass is 19.4. The molecule has 1 aliphatic rings. The van der Waals surface area contributed by atoms with Crippen LogP contribution in [0.4, 0.5) is 17.6 Å². The van der Waals surface area contributed by atoms with Crippen LogP contribution in [0.15, 0.2) is 24.3 Å². The lowest BCUT2D eigenvalue weighted by atomic mass is 10.2. The van der Waals surface area contributed by atoms with Gasteiger partial charge in [-0.3, -0.25) is 0 Å². The number of alkyl halides is 3. The average Bonchev–Trinajstić information content (AvgIpc) is 2.95. The van der Waals surface area contributed by atoms with Crippen molar-refractivity contribution in [2.45, 2.75) is 31.7 Å². The molecule has 0 heterocycles. The maximum atomic E-state index is 12.8. The number of rotatable bonds is 3. The van der Waals surface area contributed by atoms with E-state index in [1.807, 2.05) is 0 Å². The third kappa shape index (κ3) is 2.72. The summed E-state index contributed by atoms with van der Waals surface area (Å²) in [5, 5.41) is 0. The Morgan fingerprint density at radius 3 is 2.44 bits per heavy atom. The lowest BCUT2D eigenvalue weighted by Gasteiger charge is -2.24. The van der Waals surface area contributed by atoms with Gasteiger partial charge < -0.3 is 0 Å². The highest BCUT2D eigenvalue weighted by Crippen LogP contribution is 2.36. The molecule has 1 fully saturated rings. The van der Waals surface area contributed by atoms with Crippen LogP contribution in [0.3, 0.4) is 0 Å². The van der Waals surface area contributed by atoms with Crippen molar-refractivity contribution >= 4 is 0 Å². The van der Waals surface area contributed by atoms with Gasteiger partial charge in [0.05, 0.1) is 0 Å². The number of hydrogen-bond donors (Lipinski definition) is 0. The summed E-state index contributed by atoms with van der Waals surface area (Å²) in [5.41, 5.74) is 0.351. The standard InChI is InChI=1S/C11H11F4N/c12-9-3-1-2-8(6-9)7-16(10-4-5-10)11(13,14)15/h1-3,6,10H,4-5,7H2. The second-order valence-electron chi connectivity index (χ2n) is 3.96. The van der Waals surface area contributed by atoms with Gasteiger partial charge in [-0.2, -0.15) is 13.2 Å². The van der Waals surface area contributed by atoms with E-state index in [0.29, 0.717) is 23.3 Å². The Labute approximate surface area is 90.7 Å². The van der Waals surface area contributed by atoms with Crippen molar-refractivity contribution in [1.82, 2.24) is 4.90 Å². The minimum absolute atomic E-state index is 0.272. The van der Waals surface area contributed by atoms with Crippen molar-refractivity contribution in [3.63, 3.8) is 0 Å². The topological polar surface area (TPSA) is 3.24 Å². The fourth-order valence-electron chi connectivity index (χ4n) is 1.64. The Hall–Kier alpha value is -1.10. The maximum Gasteiger partial charge on any atom is 0.460 e. The minimum atomic E-state index is -4.34. The van der Waals surface area contributed by atoms with E-state index in [9.17, 15) is 17.6 Å². The number of halogens is 4. The molecule has 0 atom stereocenters. The van der Waals surface area contributed by atoms with E-state index in [1.165, 1.54) is 18.2 Å². The van der Waals surface area contributed by atoms with E-state index in [1.54, 1.807) is 0 Å². The van der Waals surface area contributed by atoms with Crippen LogP contribution in [0.2, 0.25) is 0 Å². The number of benzene rings is 1. The fourth-order valence-corrected chi connectivity index (χ4v) is 1.64.